The SMILES string of the molecule is CSc1nc(C)c(CCC(=O)N2CCN(Cc3ccc(OC(F)(F)F)cc3)CC2)c(C)n1. The lowest BCUT2D eigenvalue weighted by atomic mass is 10.1. The second-order valence-corrected chi connectivity index (χ2v) is 8.48. The second kappa shape index (κ2) is 10.5. The summed E-state index contributed by atoms with van der Waals surface area (Å²) in [5, 5.41) is 0.744. The highest BCUT2D eigenvalue weighted by atomic mass is 32.2. The Morgan fingerprint density at radius 2 is 1.66 bits per heavy atom. The molecular weight excluding hydrogens is 441 g/mol. The average molecular weight is 469 g/mol. The van der Waals surface area contributed by atoms with Gasteiger partial charge < -0.3 is 9.64 Å². The molecule has 1 fully saturated rings. The molecule has 1 aromatic carbocycles. The van der Waals surface area contributed by atoms with Crippen LogP contribution < -0.4 is 4.74 Å². The minimum Gasteiger partial charge on any atom is -0.406 e. The van der Waals surface area contributed by atoms with Crippen molar-refractivity contribution in [3.05, 3.63) is 46.8 Å². The molecule has 2 aromatic rings. The van der Waals surface area contributed by atoms with E-state index in [1.165, 1.54) is 23.9 Å². The lowest BCUT2D eigenvalue weighted by molar-refractivity contribution is -0.274. The average Bonchev–Trinajstić information content (AvgIpc) is 2.73. The highest BCUT2D eigenvalue weighted by Gasteiger charge is 2.31. The number of hydrogen-bond donors (Lipinski definition) is 0. The van der Waals surface area contributed by atoms with Crippen LogP contribution in [0.3, 0.4) is 0 Å². The van der Waals surface area contributed by atoms with Gasteiger partial charge >= 0.3 is 6.36 Å². The van der Waals surface area contributed by atoms with E-state index in [1.54, 1.807) is 12.1 Å². The van der Waals surface area contributed by atoms with Gasteiger partial charge in [-0.05, 0) is 49.8 Å². The third kappa shape index (κ3) is 6.83. The van der Waals surface area contributed by atoms with Crippen molar-refractivity contribution < 1.29 is 22.7 Å². The molecule has 0 spiro atoms. The van der Waals surface area contributed by atoms with E-state index in [-0.39, 0.29) is 11.7 Å². The van der Waals surface area contributed by atoms with Crippen molar-refractivity contribution in [2.75, 3.05) is 32.4 Å². The molecule has 0 N–H and O–H groups in total. The summed E-state index contributed by atoms with van der Waals surface area (Å²) in [5.74, 6) is -0.110. The number of amides is 1. The van der Waals surface area contributed by atoms with Crippen LogP contribution in [0.25, 0.3) is 0 Å². The first-order valence-electron chi connectivity index (χ1n) is 10.4. The van der Waals surface area contributed by atoms with Gasteiger partial charge in [-0.2, -0.15) is 0 Å². The number of nitrogens with zero attached hydrogens (tertiary/aromatic N) is 4. The Kier molecular flexibility index (Phi) is 8.00. The Bertz CT molecular complexity index is 907. The molecule has 0 radical (unpaired) electrons. The summed E-state index contributed by atoms with van der Waals surface area (Å²) >= 11 is 1.50. The predicted octanol–water partition coefficient (Wildman–Crippen LogP) is 3.99. The molecule has 6 nitrogen and oxygen atoms in total. The molecule has 2 heterocycles. The molecule has 0 unspecified atom stereocenters. The third-order valence-corrected chi connectivity index (χ3v) is 6.01. The van der Waals surface area contributed by atoms with Crippen LogP contribution in [0.5, 0.6) is 5.75 Å². The van der Waals surface area contributed by atoms with Crippen molar-refractivity contribution in [3.63, 3.8) is 0 Å². The van der Waals surface area contributed by atoms with E-state index < -0.39 is 6.36 Å². The fraction of sp³-hybridized carbons (Fsp3) is 0.500. The van der Waals surface area contributed by atoms with Crippen LogP contribution in [0, 0.1) is 13.8 Å². The van der Waals surface area contributed by atoms with E-state index in [0.29, 0.717) is 32.5 Å². The summed E-state index contributed by atoms with van der Waals surface area (Å²) in [6, 6.07) is 5.91. The molecule has 1 amide bonds. The monoisotopic (exact) mass is 468 g/mol. The third-order valence-electron chi connectivity index (χ3n) is 5.46. The molecule has 1 aromatic heterocycles. The number of aryl methyl sites for hydroxylation is 2. The molecule has 0 bridgehead atoms. The Hall–Kier alpha value is -2.33. The van der Waals surface area contributed by atoms with Crippen LogP contribution in [-0.2, 0) is 17.8 Å². The fourth-order valence-electron chi connectivity index (χ4n) is 3.76. The summed E-state index contributed by atoms with van der Waals surface area (Å²) in [6.45, 7) is 7.23. The number of aromatic nitrogens is 2. The normalized spacial score (nSPS) is 15.1. The Morgan fingerprint density at radius 3 is 2.19 bits per heavy atom. The summed E-state index contributed by atoms with van der Waals surface area (Å²) in [4.78, 5) is 25.7. The number of piperazine rings is 1. The summed E-state index contributed by atoms with van der Waals surface area (Å²) in [6.07, 6.45) is -1.71. The maximum absolute atomic E-state index is 12.7. The quantitative estimate of drug-likeness (QED) is 0.453. The van der Waals surface area contributed by atoms with Gasteiger partial charge in [-0.15, -0.1) is 13.2 Å². The second-order valence-electron chi connectivity index (χ2n) is 7.71. The zero-order valence-corrected chi connectivity index (χ0v) is 19.2. The number of carbonyl (C=O) groups excluding carboxylic acids is 1. The maximum Gasteiger partial charge on any atom is 0.573 e. The largest absolute Gasteiger partial charge is 0.573 e. The van der Waals surface area contributed by atoms with Gasteiger partial charge in [0.15, 0.2) is 5.16 Å². The molecule has 1 aliphatic heterocycles. The first-order chi connectivity index (χ1) is 15.1. The molecule has 0 atom stereocenters. The molecule has 1 saturated heterocycles. The summed E-state index contributed by atoms with van der Waals surface area (Å²) in [5.41, 5.74) is 3.78. The van der Waals surface area contributed by atoms with Gasteiger partial charge in [0.05, 0.1) is 0 Å². The van der Waals surface area contributed by atoms with Crippen LogP contribution in [0.1, 0.15) is 28.9 Å². The minimum absolute atomic E-state index is 0.117. The molecule has 0 aliphatic carbocycles. The number of hydrogen-bond acceptors (Lipinski definition) is 6. The van der Waals surface area contributed by atoms with Crippen LogP contribution >= 0.6 is 11.8 Å². The van der Waals surface area contributed by atoms with Gasteiger partial charge in [0.1, 0.15) is 5.75 Å². The molecule has 0 saturated carbocycles. The molecule has 174 valence electrons. The van der Waals surface area contributed by atoms with E-state index in [0.717, 1.165) is 40.8 Å². The smallest absolute Gasteiger partial charge is 0.406 e. The first-order valence-corrected chi connectivity index (χ1v) is 11.6. The van der Waals surface area contributed by atoms with Gasteiger partial charge in [0.2, 0.25) is 5.91 Å². The van der Waals surface area contributed by atoms with E-state index in [1.807, 2.05) is 25.0 Å². The summed E-state index contributed by atoms with van der Waals surface area (Å²) < 4.78 is 40.7. The van der Waals surface area contributed by atoms with Crippen LogP contribution in [0.4, 0.5) is 13.2 Å². The van der Waals surface area contributed by atoms with E-state index in [9.17, 15) is 18.0 Å². The number of carbonyl (C=O) groups is 1. The highest BCUT2D eigenvalue weighted by molar-refractivity contribution is 7.98. The predicted molar refractivity (Wildman–Crippen MR) is 117 cm³/mol. The molecule has 3 rings (SSSR count). The lowest BCUT2D eigenvalue weighted by Gasteiger charge is -2.35. The van der Waals surface area contributed by atoms with Gasteiger partial charge in [-0.1, -0.05) is 23.9 Å². The van der Waals surface area contributed by atoms with Crippen molar-refractivity contribution >= 4 is 17.7 Å². The van der Waals surface area contributed by atoms with Crippen LogP contribution in [0.2, 0.25) is 0 Å². The Labute approximate surface area is 190 Å². The zero-order chi connectivity index (χ0) is 23.3. The topological polar surface area (TPSA) is 58.6 Å². The number of alkyl halides is 3. The van der Waals surface area contributed by atoms with Crippen LogP contribution in [-0.4, -0.2) is 64.5 Å². The van der Waals surface area contributed by atoms with Gasteiger partial charge in [-0.3, -0.25) is 9.69 Å². The molecule has 1 aliphatic rings. The molecule has 32 heavy (non-hydrogen) atoms. The number of benzene rings is 1. The summed E-state index contributed by atoms with van der Waals surface area (Å²) in [7, 11) is 0. The van der Waals surface area contributed by atoms with E-state index in [4.69, 9.17) is 0 Å². The van der Waals surface area contributed by atoms with Crippen LogP contribution in [0.15, 0.2) is 29.4 Å². The highest BCUT2D eigenvalue weighted by Crippen LogP contribution is 2.23. The molecule has 10 heteroatoms. The van der Waals surface area contributed by atoms with Crippen molar-refractivity contribution in [2.45, 2.75) is 44.8 Å². The van der Waals surface area contributed by atoms with Gasteiger partial charge in [0, 0.05) is 50.5 Å². The zero-order valence-electron chi connectivity index (χ0n) is 18.4. The van der Waals surface area contributed by atoms with Gasteiger partial charge in [-0.25, -0.2) is 9.97 Å². The van der Waals surface area contributed by atoms with Crippen molar-refractivity contribution in [3.8, 4) is 5.75 Å². The Balaban J connectivity index is 1.46. The maximum atomic E-state index is 12.7. The fourth-order valence-corrected chi connectivity index (χ4v) is 4.22. The Morgan fingerprint density at radius 1 is 1.06 bits per heavy atom. The number of thioether (sulfide) groups is 1. The standard InChI is InChI=1S/C22H27F3N4O2S/c1-15-19(16(2)27-21(26-15)32-3)8-9-20(30)29-12-10-28(11-13-29)14-17-4-6-18(7-5-17)31-22(23,24)25/h4-7H,8-14H2,1-3H3. The number of ether oxygens (including phenoxy) is 1. The molecular formula is C22H27F3N4O2S. The number of rotatable bonds is 7. The minimum atomic E-state index is -4.69. The van der Waals surface area contributed by atoms with E-state index in [2.05, 4.69) is 19.6 Å². The van der Waals surface area contributed by atoms with Crippen molar-refractivity contribution in [1.29, 1.82) is 0 Å². The van der Waals surface area contributed by atoms with E-state index >= 15 is 0 Å². The lowest BCUT2D eigenvalue weighted by Crippen LogP contribution is -2.48. The van der Waals surface area contributed by atoms with Gasteiger partial charge in [0.25, 0.3) is 0 Å². The van der Waals surface area contributed by atoms with Crippen molar-refractivity contribution in [2.24, 2.45) is 0 Å². The number of halogens is 3. The first kappa shape index (κ1) is 24.3. The van der Waals surface area contributed by atoms with Crippen molar-refractivity contribution in [1.82, 2.24) is 19.8 Å².